The molecule has 178 valence electrons. The zero-order valence-corrected chi connectivity index (χ0v) is 19.8. The van der Waals surface area contributed by atoms with Gasteiger partial charge < -0.3 is 4.74 Å². The Morgan fingerprint density at radius 2 is 1.50 bits per heavy atom. The molecule has 1 saturated heterocycles. The van der Waals surface area contributed by atoms with Crippen molar-refractivity contribution >= 4 is 40.6 Å². The first kappa shape index (κ1) is 24.2. The minimum absolute atomic E-state index is 0.318. The summed E-state index contributed by atoms with van der Waals surface area (Å²) < 4.78 is 42.9. The summed E-state index contributed by atoms with van der Waals surface area (Å²) in [6, 6.07) is 18.4. The molecule has 1 aliphatic rings. The molecule has 2 amide bonds. The monoisotopic (exact) mass is 508 g/mol. The number of urea groups is 1. The molecule has 9 heteroatoms. The fourth-order valence-corrected chi connectivity index (χ4v) is 4.69. The van der Waals surface area contributed by atoms with Gasteiger partial charge in [0.05, 0.1) is 11.6 Å². The molecule has 4 nitrogen and oxygen atoms in total. The second kappa shape index (κ2) is 9.04. The van der Waals surface area contributed by atoms with Crippen molar-refractivity contribution in [1.29, 1.82) is 0 Å². The Bertz CT molecular complexity index is 1190. The molecule has 0 aromatic heterocycles. The minimum atomic E-state index is -4.83. The summed E-state index contributed by atoms with van der Waals surface area (Å²) in [5.74, 6) is -0.350. The van der Waals surface area contributed by atoms with Crippen molar-refractivity contribution in [2.45, 2.75) is 38.2 Å². The number of halogens is 5. The molecule has 2 atom stereocenters. The molecule has 0 radical (unpaired) electrons. The van der Waals surface area contributed by atoms with E-state index in [4.69, 9.17) is 23.2 Å². The molecule has 0 aliphatic carbocycles. The van der Waals surface area contributed by atoms with Crippen LogP contribution in [0.5, 0.6) is 5.75 Å². The van der Waals surface area contributed by atoms with Crippen LogP contribution in [0.1, 0.15) is 31.9 Å². The first-order valence-electron chi connectivity index (χ1n) is 10.5. The molecule has 1 heterocycles. The van der Waals surface area contributed by atoms with E-state index >= 15 is 0 Å². The van der Waals surface area contributed by atoms with Crippen LogP contribution in [0.25, 0.3) is 0 Å². The predicted molar refractivity (Wildman–Crippen MR) is 128 cm³/mol. The lowest BCUT2D eigenvalue weighted by Crippen LogP contribution is -2.45. The Hall–Kier alpha value is -2.90. The molecule has 0 saturated carbocycles. The Labute approximate surface area is 205 Å². The summed E-state index contributed by atoms with van der Waals surface area (Å²) in [5.41, 5.74) is 0.882. The number of anilines is 2. The van der Waals surface area contributed by atoms with Crippen LogP contribution in [0.2, 0.25) is 10.0 Å². The van der Waals surface area contributed by atoms with Crippen molar-refractivity contribution in [2.24, 2.45) is 0 Å². The van der Waals surface area contributed by atoms with Gasteiger partial charge in [0.2, 0.25) is 0 Å². The van der Waals surface area contributed by atoms with Crippen molar-refractivity contribution in [2.75, 3.05) is 9.80 Å². The van der Waals surface area contributed by atoms with Gasteiger partial charge >= 0.3 is 12.4 Å². The first-order valence-corrected chi connectivity index (χ1v) is 11.3. The molecule has 0 bridgehead atoms. The number of benzene rings is 3. The number of carbonyl (C=O) groups excluding carboxylic acids is 1. The molecule has 4 rings (SSSR count). The third kappa shape index (κ3) is 4.55. The van der Waals surface area contributed by atoms with E-state index in [1.54, 1.807) is 64.4 Å². The summed E-state index contributed by atoms with van der Waals surface area (Å²) in [6.07, 6.45) is -4.32. The lowest BCUT2D eigenvalue weighted by atomic mass is 9.83. The summed E-state index contributed by atoms with van der Waals surface area (Å²) in [5, 5.41) is 1.03. The van der Waals surface area contributed by atoms with E-state index in [1.807, 2.05) is 13.8 Å². The highest BCUT2D eigenvalue weighted by atomic mass is 35.5. The van der Waals surface area contributed by atoms with Gasteiger partial charge in [-0.3, -0.25) is 9.80 Å². The maximum atomic E-state index is 13.9. The van der Waals surface area contributed by atoms with Gasteiger partial charge in [-0.2, -0.15) is 0 Å². The van der Waals surface area contributed by atoms with Crippen LogP contribution >= 0.6 is 23.2 Å². The van der Waals surface area contributed by atoms with Crippen LogP contribution in [0, 0.1) is 0 Å². The Kier molecular flexibility index (Phi) is 6.44. The van der Waals surface area contributed by atoms with Gasteiger partial charge in [0.25, 0.3) is 0 Å². The molecule has 3 aromatic rings. The van der Waals surface area contributed by atoms with Crippen molar-refractivity contribution in [3.05, 3.63) is 88.4 Å². The van der Waals surface area contributed by atoms with Gasteiger partial charge in [0.1, 0.15) is 5.75 Å². The Morgan fingerprint density at radius 3 is 2.03 bits per heavy atom. The highest BCUT2D eigenvalue weighted by Crippen LogP contribution is 2.50. The number of rotatable bonds is 5. The highest BCUT2D eigenvalue weighted by molar-refractivity contribution is 6.31. The van der Waals surface area contributed by atoms with Gasteiger partial charge in [0.15, 0.2) is 0 Å². The molecular weight excluding hydrogens is 488 g/mol. The molecule has 3 aromatic carbocycles. The van der Waals surface area contributed by atoms with E-state index in [-0.39, 0.29) is 11.8 Å². The summed E-state index contributed by atoms with van der Waals surface area (Å²) in [7, 11) is 0. The Morgan fingerprint density at radius 1 is 0.941 bits per heavy atom. The third-order valence-electron chi connectivity index (χ3n) is 6.07. The fraction of sp³-hybridized carbons (Fsp3) is 0.240. The smallest absolute Gasteiger partial charge is 0.406 e. The predicted octanol–water partition coefficient (Wildman–Crippen LogP) is 8.25. The molecule has 0 spiro atoms. The number of carbonyl (C=O) groups is 1. The molecule has 1 aliphatic heterocycles. The average molecular weight is 509 g/mol. The zero-order valence-electron chi connectivity index (χ0n) is 18.3. The summed E-state index contributed by atoms with van der Waals surface area (Å²) >= 11 is 12.1. The summed E-state index contributed by atoms with van der Waals surface area (Å²) in [4.78, 5) is 17.2. The molecule has 34 heavy (non-hydrogen) atoms. The van der Waals surface area contributed by atoms with E-state index in [0.29, 0.717) is 33.4 Å². The van der Waals surface area contributed by atoms with Gasteiger partial charge in [0, 0.05) is 21.4 Å². The number of ether oxygens (including phenoxy) is 1. The fourth-order valence-electron chi connectivity index (χ4n) is 4.44. The van der Waals surface area contributed by atoms with Gasteiger partial charge in [-0.15, -0.1) is 13.2 Å². The lowest BCUT2D eigenvalue weighted by Gasteiger charge is -2.38. The number of hydrogen-bond donors (Lipinski definition) is 0. The van der Waals surface area contributed by atoms with Crippen molar-refractivity contribution in [1.82, 2.24) is 0 Å². The Balaban J connectivity index is 1.89. The van der Waals surface area contributed by atoms with E-state index < -0.39 is 17.9 Å². The van der Waals surface area contributed by atoms with Crippen LogP contribution in [-0.2, 0) is 0 Å². The highest BCUT2D eigenvalue weighted by Gasteiger charge is 2.55. The van der Waals surface area contributed by atoms with Crippen molar-refractivity contribution < 1.29 is 22.7 Å². The second-order valence-electron chi connectivity index (χ2n) is 8.17. The van der Waals surface area contributed by atoms with Crippen molar-refractivity contribution in [3.63, 3.8) is 0 Å². The van der Waals surface area contributed by atoms with Gasteiger partial charge in [-0.1, -0.05) is 42.3 Å². The SMILES string of the molecule is CCC1(C)C(c2cccc(OC(F)(F)F)c2)N(c2ccc(Cl)cc2)C(=O)N1c1ccc(Cl)cc1. The molecule has 1 fully saturated rings. The normalized spacial score (nSPS) is 20.7. The van der Waals surface area contributed by atoms with Gasteiger partial charge in [-0.05, 0) is 79.6 Å². The van der Waals surface area contributed by atoms with Crippen molar-refractivity contribution in [3.8, 4) is 5.75 Å². The van der Waals surface area contributed by atoms with E-state index in [0.717, 1.165) is 0 Å². The van der Waals surface area contributed by atoms with Crippen LogP contribution in [-0.4, -0.2) is 17.9 Å². The molecule has 0 N–H and O–H groups in total. The number of nitrogens with zero attached hydrogens (tertiary/aromatic N) is 2. The van der Waals surface area contributed by atoms with Gasteiger partial charge in [-0.25, -0.2) is 4.79 Å². The lowest BCUT2D eigenvalue weighted by molar-refractivity contribution is -0.274. The zero-order chi connectivity index (χ0) is 24.7. The van der Waals surface area contributed by atoms with E-state index in [2.05, 4.69) is 4.74 Å². The molecular formula is C25H21Cl2F3N2O2. The van der Waals surface area contributed by atoms with E-state index in [9.17, 15) is 18.0 Å². The van der Waals surface area contributed by atoms with Crippen LogP contribution < -0.4 is 14.5 Å². The maximum absolute atomic E-state index is 13.9. The number of hydrogen-bond acceptors (Lipinski definition) is 2. The third-order valence-corrected chi connectivity index (χ3v) is 6.57. The quantitative estimate of drug-likeness (QED) is 0.347. The molecule has 2 unspecified atom stereocenters. The maximum Gasteiger partial charge on any atom is 0.573 e. The average Bonchev–Trinajstić information content (AvgIpc) is 3.01. The largest absolute Gasteiger partial charge is 0.573 e. The summed E-state index contributed by atoms with van der Waals surface area (Å²) in [6.45, 7) is 3.85. The van der Waals surface area contributed by atoms with Crippen LogP contribution in [0.3, 0.4) is 0 Å². The minimum Gasteiger partial charge on any atom is -0.406 e. The second-order valence-corrected chi connectivity index (χ2v) is 9.05. The van der Waals surface area contributed by atoms with Crippen LogP contribution in [0.15, 0.2) is 72.8 Å². The first-order chi connectivity index (χ1) is 16.0. The topological polar surface area (TPSA) is 32.8 Å². The number of alkyl halides is 3. The standard InChI is InChI=1S/C25H21Cl2F3N2O2/c1-3-24(2)22(16-5-4-6-21(15-16)34-25(28,29)30)31(19-11-7-17(26)8-12-19)23(33)32(24)20-13-9-18(27)10-14-20/h4-15,22H,3H2,1-2H3. The van der Waals surface area contributed by atoms with E-state index in [1.165, 1.54) is 18.2 Å². The number of amides is 2. The van der Waals surface area contributed by atoms with Crippen LogP contribution in [0.4, 0.5) is 29.3 Å².